The fourth-order valence-electron chi connectivity index (χ4n) is 2.93. The van der Waals surface area contributed by atoms with E-state index in [2.05, 4.69) is 6.92 Å². The van der Waals surface area contributed by atoms with Gasteiger partial charge in [0, 0.05) is 11.1 Å². The average molecular weight is 257 g/mol. The maximum Gasteiger partial charge on any atom is 0.194 e. The van der Waals surface area contributed by atoms with Gasteiger partial charge in [-0.1, -0.05) is 32.3 Å². The molecule has 0 aliphatic heterocycles. The van der Waals surface area contributed by atoms with E-state index in [1.165, 1.54) is 6.07 Å². The lowest BCUT2D eigenvalue weighted by molar-refractivity contribution is 0.214. The van der Waals surface area contributed by atoms with Crippen LogP contribution >= 0.6 is 0 Å². The molecule has 18 heavy (non-hydrogen) atoms. The first-order chi connectivity index (χ1) is 8.48. The first-order valence-corrected chi connectivity index (χ1v) is 6.41. The van der Waals surface area contributed by atoms with Crippen LogP contribution in [0.1, 0.15) is 44.6 Å². The second-order valence-electron chi connectivity index (χ2n) is 5.25. The zero-order chi connectivity index (χ0) is 13.3. The van der Waals surface area contributed by atoms with E-state index in [1.54, 1.807) is 0 Å². The number of rotatable bonds is 2. The van der Waals surface area contributed by atoms with E-state index < -0.39 is 23.0 Å². The number of benzene rings is 1. The van der Waals surface area contributed by atoms with Gasteiger partial charge in [-0.05, 0) is 24.8 Å². The van der Waals surface area contributed by atoms with Crippen LogP contribution < -0.4 is 5.73 Å². The van der Waals surface area contributed by atoms with Crippen molar-refractivity contribution in [3.8, 4) is 0 Å². The highest BCUT2D eigenvalue weighted by Crippen LogP contribution is 2.40. The molecule has 100 valence electrons. The Balaban J connectivity index is 2.38. The zero-order valence-electron chi connectivity index (χ0n) is 10.5. The lowest BCUT2D eigenvalue weighted by atomic mass is 9.71. The largest absolute Gasteiger partial charge is 0.321 e. The van der Waals surface area contributed by atoms with Crippen molar-refractivity contribution in [2.24, 2.45) is 11.7 Å². The Labute approximate surface area is 105 Å². The van der Waals surface area contributed by atoms with Crippen LogP contribution in [-0.4, -0.2) is 0 Å². The summed E-state index contributed by atoms with van der Waals surface area (Å²) >= 11 is 0. The molecule has 0 radical (unpaired) electrons. The van der Waals surface area contributed by atoms with Gasteiger partial charge in [-0.3, -0.25) is 0 Å². The standard InChI is InChI=1S/C14H18F3N/c1-2-9-4-3-7-14(18,8-9)10-5-6-11(15)13(17)12(10)16/h5-6,9H,2-4,7-8,18H2,1H3. The van der Waals surface area contributed by atoms with Crippen molar-refractivity contribution in [3.05, 3.63) is 35.1 Å². The summed E-state index contributed by atoms with van der Waals surface area (Å²) in [5.74, 6) is -3.29. The van der Waals surface area contributed by atoms with E-state index in [1.807, 2.05) is 0 Å². The van der Waals surface area contributed by atoms with Gasteiger partial charge in [0.25, 0.3) is 0 Å². The number of hydrogen-bond donors (Lipinski definition) is 1. The Hall–Kier alpha value is -1.03. The normalized spacial score (nSPS) is 28.4. The highest BCUT2D eigenvalue weighted by atomic mass is 19.2. The van der Waals surface area contributed by atoms with Crippen molar-refractivity contribution in [2.45, 2.75) is 44.6 Å². The van der Waals surface area contributed by atoms with Crippen molar-refractivity contribution in [2.75, 3.05) is 0 Å². The van der Waals surface area contributed by atoms with Gasteiger partial charge in [-0.25, -0.2) is 13.2 Å². The van der Waals surface area contributed by atoms with Gasteiger partial charge in [0.1, 0.15) is 0 Å². The summed E-state index contributed by atoms with van der Waals surface area (Å²) in [4.78, 5) is 0. The third kappa shape index (κ3) is 2.26. The van der Waals surface area contributed by atoms with Crippen LogP contribution in [0, 0.1) is 23.4 Å². The predicted octanol–water partition coefficient (Wildman–Crippen LogP) is 3.86. The van der Waals surface area contributed by atoms with E-state index in [-0.39, 0.29) is 5.56 Å². The zero-order valence-corrected chi connectivity index (χ0v) is 10.5. The SMILES string of the molecule is CCC1CCCC(N)(c2ccc(F)c(F)c2F)C1. The molecule has 0 aromatic heterocycles. The molecule has 2 N–H and O–H groups in total. The molecule has 4 heteroatoms. The minimum absolute atomic E-state index is 0.111. The third-order valence-corrected chi connectivity index (χ3v) is 4.04. The first-order valence-electron chi connectivity index (χ1n) is 6.41. The Morgan fingerprint density at radius 2 is 2.00 bits per heavy atom. The van der Waals surface area contributed by atoms with Crippen LogP contribution in [-0.2, 0) is 5.54 Å². The van der Waals surface area contributed by atoms with Crippen LogP contribution in [0.5, 0.6) is 0 Å². The molecule has 2 rings (SSSR count). The van der Waals surface area contributed by atoms with Crippen molar-refractivity contribution in [1.82, 2.24) is 0 Å². The molecule has 1 aliphatic rings. The maximum absolute atomic E-state index is 13.8. The summed E-state index contributed by atoms with van der Waals surface area (Å²) in [5.41, 5.74) is 5.48. The summed E-state index contributed by atoms with van der Waals surface area (Å²) in [6, 6.07) is 2.24. The van der Waals surface area contributed by atoms with Crippen molar-refractivity contribution < 1.29 is 13.2 Å². The van der Waals surface area contributed by atoms with Crippen LogP contribution in [0.15, 0.2) is 12.1 Å². The molecule has 1 aromatic carbocycles. The Kier molecular flexibility index (Phi) is 3.66. The molecule has 1 saturated carbocycles. The van der Waals surface area contributed by atoms with E-state index in [0.29, 0.717) is 18.8 Å². The Morgan fingerprint density at radius 3 is 2.67 bits per heavy atom. The molecule has 0 bridgehead atoms. The Morgan fingerprint density at radius 1 is 1.28 bits per heavy atom. The Bertz CT molecular complexity index is 447. The molecule has 1 fully saturated rings. The van der Waals surface area contributed by atoms with Crippen LogP contribution in [0.4, 0.5) is 13.2 Å². The minimum atomic E-state index is -1.42. The molecular formula is C14H18F3N. The fourth-order valence-corrected chi connectivity index (χ4v) is 2.93. The maximum atomic E-state index is 13.8. The van der Waals surface area contributed by atoms with Crippen LogP contribution in [0.3, 0.4) is 0 Å². The summed E-state index contributed by atoms with van der Waals surface area (Å²) < 4.78 is 40.1. The molecule has 1 nitrogen and oxygen atoms in total. The highest BCUT2D eigenvalue weighted by molar-refractivity contribution is 5.28. The molecule has 0 heterocycles. The second kappa shape index (κ2) is 4.92. The van der Waals surface area contributed by atoms with E-state index >= 15 is 0 Å². The van der Waals surface area contributed by atoms with Crippen molar-refractivity contribution >= 4 is 0 Å². The smallest absolute Gasteiger partial charge is 0.194 e. The molecule has 2 unspecified atom stereocenters. The number of hydrogen-bond acceptors (Lipinski definition) is 1. The molecule has 0 saturated heterocycles. The molecule has 2 atom stereocenters. The topological polar surface area (TPSA) is 26.0 Å². The minimum Gasteiger partial charge on any atom is -0.321 e. The van der Waals surface area contributed by atoms with E-state index in [0.717, 1.165) is 25.3 Å². The molecule has 0 amide bonds. The second-order valence-corrected chi connectivity index (χ2v) is 5.25. The van der Waals surface area contributed by atoms with Gasteiger partial charge in [-0.15, -0.1) is 0 Å². The molecule has 1 aromatic rings. The van der Waals surface area contributed by atoms with Gasteiger partial charge in [0.15, 0.2) is 17.5 Å². The summed E-state index contributed by atoms with van der Waals surface area (Å²) in [5, 5.41) is 0. The number of halogens is 3. The van der Waals surface area contributed by atoms with E-state index in [4.69, 9.17) is 5.73 Å². The predicted molar refractivity (Wildman–Crippen MR) is 64.4 cm³/mol. The van der Waals surface area contributed by atoms with Gasteiger partial charge >= 0.3 is 0 Å². The van der Waals surface area contributed by atoms with Gasteiger partial charge in [-0.2, -0.15) is 0 Å². The average Bonchev–Trinajstić information content (AvgIpc) is 2.35. The lowest BCUT2D eigenvalue weighted by Crippen LogP contribution is -2.42. The summed E-state index contributed by atoms with van der Waals surface area (Å²) in [6.07, 6.45) is 4.19. The van der Waals surface area contributed by atoms with Gasteiger partial charge in [0.2, 0.25) is 0 Å². The van der Waals surface area contributed by atoms with Crippen LogP contribution in [0.2, 0.25) is 0 Å². The lowest BCUT2D eigenvalue weighted by Gasteiger charge is -2.38. The monoisotopic (exact) mass is 257 g/mol. The molecule has 1 aliphatic carbocycles. The fraction of sp³-hybridized carbons (Fsp3) is 0.571. The molecule has 0 spiro atoms. The first kappa shape index (κ1) is 13.4. The third-order valence-electron chi connectivity index (χ3n) is 4.04. The van der Waals surface area contributed by atoms with Gasteiger partial charge in [0.05, 0.1) is 0 Å². The van der Waals surface area contributed by atoms with E-state index in [9.17, 15) is 13.2 Å². The highest BCUT2D eigenvalue weighted by Gasteiger charge is 2.36. The molecular weight excluding hydrogens is 239 g/mol. The van der Waals surface area contributed by atoms with Crippen molar-refractivity contribution in [1.29, 1.82) is 0 Å². The quantitative estimate of drug-likeness (QED) is 0.800. The van der Waals surface area contributed by atoms with Gasteiger partial charge < -0.3 is 5.73 Å². The summed E-state index contributed by atoms with van der Waals surface area (Å²) in [6.45, 7) is 2.07. The van der Waals surface area contributed by atoms with Crippen LogP contribution in [0.25, 0.3) is 0 Å². The summed E-state index contributed by atoms with van der Waals surface area (Å²) in [7, 11) is 0. The van der Waals surface area contributed by atoms with Crippen molar-refractivity contribution in [3.63, 3.8) is 0 Å². The number of nitrogens with two attached hydrogens (primary N) is 1.